The van der Waals surface area contributed by atoms with E-state index in [-0.39, 0.29) is 5.56 Å². The van der Waals surface area contributed by atoms with E-state index in [1.165, 1.54) is 29.8 Å². The zero-order chi connectivity index (χ0) is 9.90. The molecule has 70 valence electrons. The minimum Gasteiger partial charge on any atom is -0.294 e. The van der Waals surface area contributed by atoms with Crippen LogP contribution in [0, 0.1) is 0 Å². The number of carbonyl (C=O) groups excluding carboxylic acids is 1. The Kier molecular flexibility index (Phi) is 2.55. The zero-order valence-corrected chi connectivity index (χ0v) is 6.92. The van der Waals surface area contributed by atoms with Crippen molar-refractivity contribution in [2.75, 3.05) is 0 Å². The summed E-state index contributed by atoms with van der Waals surface area (Å²) in [4.78, 5) is 14.7. The highest BCUT2D eigenvalue weighted by molar-refractivity contribution is 5.94. The van der Waals surface area contributed by atoms with Crippen LogP contribution in [-0.2, 0) is 0 Å². The van der Waals surface area contributed by atoms with Gasteiger partial charge in [0, 0.05) is 24.9 Å². The van der Waals surface area contributed by atoms with Crippen molar-refractivity contribution in [2.24, 2.45) is 0 Å². The van der Waals surface area contributed by atoms with Crippen molar-refractivity contribution in [2.45, 2.75) is 13.0 Å². The number of amides is 1. The standard InChI is InChI=1S/C8H8F2N2O/c1-8(9,10)12-7(13)6-2-4-11-5-3-6/h2-5H,1H3,(H,12,13). The Morgan fingerprint density at radius 3 is 2.46 bits per heavy atom. The maximum atomic E-state index is 12.3. The fraction of sp³-hybridized carbons (Fsp3) is 0.250. The lowest BCUT2D eigenvalue weighted by Gasteiger charge is -2.11. The molecule has 1 N–H and O–H groups in total. The second kappa shape index (κ2) is 3.47. The quantitative estimate of drug-likeness (QED) is 0.710. The van der Waals surface area contributed by atoms with Crippen LogP contribution < -0.4 is 5.32 Å². The van der Waals surface area contributed by atoms with Crippen LogP contribution in [0.1, 0.15) is 17.3 Å². The van der Waals surface area contributed by atoms with Gasteiger partial charge in [0.15, 0.2) is 0 Å². The van der Waals surface area contributed by atoms with Gasteiger partial charge >= 0.3 is 6.05 Å². The van der Waals surface area contributed by atoms with Crippen molar-refractivity contribution in [3.05, 3.63) is 30.1 Å². The Labute approximate surface area is 73.8 Å². The predicted octanol–water partition coefficient (Wildman–Crippen LogP) is 1.42. The second-order valence-electron chi connectivity index (χ2n) is 2.58. The lowest BCUT2D eigenvalue weighted by molar-refractivity contribution is -0.00931. The van der Waals surface area contributed by atoms with Crippen molar-refractivity contribution < 1.29 is 13.6 Å². The monoisotopic (exact) mass is 186 g/mol. The van der Waals surface area contributed by atoms with E-state index >= 15 is 0 Å². The van der Waals surface area contributed by atoms with Crippen LogP contribution >= 0.6 is 0 Å². The molecular formula is C8H8F2N2O. The normalized spacial score (nSPS) is 11.0. The minimum absolute atomic E-state index is 0.163. The van der Waals surface area contributed by atoms with Crippen LogP contribution in [0.4, 0.5) is 8.78 Å². The van der Waals surface area contributed by atoms with Gasteiger partial charge in [-0.15, -0.1) is 0 Å². The molecule has 3 nitrogen and oxygen atoms in total. The highest BCUT2D eigenvalue weighted by atomic mass is 19.3. The predicted molar refractivity (Wildman–Crippen MR) is 42.3 cm³/mol. The van der Waals surface area contributed by atoms with Gasteiger partial charge in [-0.1, -0.05) is 0 Å². The fourth-order valence-electron chi connectivity index (χ4n) is 0.775. The summed E-state index contributed by atoms with van der Waals surface area (Å²) >= 11 is 0. The third kappa shape index (κ3) is 3.14. The molecule has 0 atom stereocenters. The molecule has 0 saturated heterocycles. The minimum atomic E-state index is -3.19. The SMILES string of the molecule is CC(F)(F)NC(=O)c1ccncc1. The second-order valence-corrected chi connectivity index (χ2v) is 2.58. The number of hydrogen-bond acceptors (Lipinski definition) is 2. The topological polar surface area (TPSA) is 42.0 Å². The average Bonchev–Trinajstić information content (AvgIpc) is 2.03. The lowest BCUT2D eigenvalue weighted by Crippen LogP contribution is -2.38. The molecule has 0 aromatic carbocycles. The number of rotatable bonds is 2. The third-order valence-corrected chi connectivity index (χ3v) is 1.28. The average molecular weight is 186 g/mol. The summed E-state index contributed by atoms with van der Waals surface area (Å²) in [6.45, 7) is 0.617. The Morgan fingerprint density at radius 1 is 1.46 bits per heavy atom. The molecule has 1 aromatic rings. The number of pyridine rings is 1. The van der Waals surface area contributed by atoms with E-state index < -0.39 is 12.0 Å². The maximum absolute atomic E-state index is 12.3. The van der Waals surface area contributed by atoms with E-state index in [2.05, 4.69) is 4.98 Å². The van der Waals surface area contributed by atoms with Gasteiger partial charge in [0.25, 0.3) is 5.91 Å². The van der Waals surface area contributed by atoms with E-state index in [0.717, 1.165) is 0 Å². The van der Waals surface area contributed by atoms with Crippen molar-refractivity contribution >= 4 is 5.91 Å². The first-order chi connectivity index (χ1) is 5.99. The summed E-state index contributed by atoms with van der Waals surface area (Å²) in [5, 5.41) is 1.54. The van der Waals surface area contributed by atoms with Gasteiger partial charge in [-0.2, -0.15) is 8.78 Å². The summed E-state index contributed by atoms with van der Waals surface area (Å²) < 4.78 is 24.6. The van der Waals surface area contributed by atoms with Crippen molar-refractivity contribution in [1.29, 1.82) is 0 Å². The van der Waals surface area contributed by atoms with E-state index in [4.69, 9.17) is 0 Å². The van der Waals surface area contributed by atoms with Gasteiger partial charge in [0.1, 0.15) is 0 Å². The van der Waals surface area contributed by atoms with Gasteiger partial charge in [-0.25, -0.2) is 0 Å². The van der Waals surface area contributed by atoms with Crippen molar-refractivity contribution in [3.8, 4) is 0 Å². The molecule has 1 aromatic heterocycles. The van der Waals surface area contributed by atoms with Crippen LogP contribution in [-0.4, -0.2) is 16.9 Å². The largest absolute Gasteiger partial charge is 0.322 e. The molecule has 0 fully saturated rings. The number of halogens is 2. The van der Waals surface area contributed by atoms with Gasteiger partial charge in [-0.05, 0) is 12.1 Å². The molecule has 0 aliphatic rings. The lowest BCUT2D eigenvalue weighted by atomic mass is 10.2. The summed E-state index contributed by atoms with van der Waals surface area (Å²) in [7, 11) is 0. The highest BCUT2D eigenvalue weighted by Gasteiger charge is 2.23. The molecule has 0 saturated carbocycles. The van der Waals surface area contributed by atoms with E-state index in [9.17, 15) is 13.6 Å². The molecule has 0 radical (unpaired) electrons. The van der Waals surface area contributed by atoms with Gasteiger partial charge in [0.05, 0.1) is 0 Å². The molecule has 1 heterocycles. The van der Waals surface area contributed by atoms with E-state index in [0.29, 0.717) is 6.92 Å². The molecule has 1 rings (SSSR count). The van der Waals surface area contributed by atoms with E-state index in [1.807, 2.05) is 0 Å². The van der Waals surface area contributed by atoms with E-state index in [1.54, 1.807) is 0 Å². The number of nitrogens with zero attached hydrogens (tertiary/aromatic N) is 1. The number of nitrogens with one attached hydrogen (secondary N) is 1. The molecule has 13 heavy (non-hydrogen) atoms. The summed E-state index contributed by atoms with van der Waals surface area (Å²) in [5.74, 6) is -0.810. The number of carbonyl (C=O) groups is 1. The number of hydrogen-bond donors (Lipinski definition) is 1. The first-order valence-corrected chi connectivity index (χ1v) is 3.59. The third-order valence-electron chi connectivity index (χ3n) is 1.28. The summed E-state index contributed by atoms with van der Waals surface area (Å²) in [6, 6.07) is -0.470. The molecule has 0 aliphatic carbocycles. The molecular weight excluding hydrogens is 178 g/mol. The Hall–Kier alpha value is -1.52. The van der Waals surface area contributed by atoms with Crippen LogP contribution in [0.3, 0.4) is 0 Å². The summed E-state index contributed by atoms with van der Waals surface area (Å²) in [6.07, 6.45) is 2.73. The van der Waals surface area contributed by atoms with Gasteiger partial charge < -0.3 is 0 Å². The van der Waals surface area contributed by atoms with Gasteiger partial charge in [0.2, 0.25) is 0 Å². The fourth-order valence-corrected chi connectivity index (χ4v) is 0.775. The van der Waals surface area contributed by atoms with Crippen LogP contribution in [0.15, 0.2) is 24.5 Å². The Bertz CT molecular complexity index is 295. The number of alkyl halides is 2. The first-order valence-electron chi connectivity index (χ1n) is 3.59. The van der Waals surface area contributed by atoms with Crippen LogP contribution in [0.2, 0.25) is 0 Å². The first kappa shape index (κ1) is 9.57. The number of aromatic nitrogens is 1. The van der Waals surface area contributed by atoms with Crippen molar-refractivity contribution in [3.63, 3.8) is 0 Å². The van der Waals surface area contributed by atoms with Crippen LogP contribution in [0.5, 0.6) is 0 Å². The Balaban J connectivity index is 2.71. The molecule has 0 spiro atoms. The van der Waals surface area contributed by atoms with Crippen LogP contribution in [0.25, 0.3) is 0 Å². The summed E-state index contributed by atoms with van der Waals surface area (Å²) in [5.41, 5.74) is 0.163. The molecule has 0 bridgehead atoms. The molecule has 5 heteroatoms. The van der Waals surface area contributed by atoms with Gasteiger partial charge in [-0.3, -0.25) is 15.1 Å². The van der Waals surface area contributed by atoms with Crippen molar-refractivity contribution in [1.82, 2.24) is 10.3 Å². The smallest absolute Gasteiger partial charge is 0.294 e. The molecule has 0 unspecified atom stereocenters. The molecule has 1 amide bonds. The molecule has 0 aliphatic heterocycles. The zero-order valence-electron chi connectivity index (χ0n) is 6.92. The maximum Gasteiger partial charge on any atom is 0.322 e. The Morgan fingerprint density at radius 2 is 2.00 bits per heavy atom. The highest BCUT2D eigenvalue weighted by Crippen LogP contribution is 2.07.